The highest BCUT2D eigenvalue weighted by atomic mass is 16.2. The smallest absolute Gasteiger partial charge is 0.319 e. The van der Waals surface area contributed by atoms with Crippen LogP contribution in [0.25, 0.3) is 0 Å². The summed E-state index contributed by atoms with van der Waals surface area (Å²) in [5, 5.41) is 6.40. The van der Waals surface area contributed by atoms with Crippen molar-refractivity contribution in [1.29, 1.82) is 0 Å². The predicted octanol–water partition coefficient (Wildman–Crippen LogP) is 5.18. The van der Waals surface area contributed by atoms with E-state index in [1.165, 1.54) is 25.7 Å². The number of urea groups is 1. The Kier molecular flexibility index (Phi) is 4.64. The molecular weight excluding hydrogens is 374 g/mol. The SMILES string of the molecule is CC12CC3CC(C)(C1)CC(NC(=O)Nc1ccc(C(=O)N4CCCCC4)cc1)(C3)C2. The van der Waals surface area contributed by atoms with Gasteiger partial charge >= 0.3 is 6.03 Å². The molecule has 4 saturated carbocycles. The van der Waals surface area contributed by atoms with Gasteiger partial charge in [-0.05, 0) is 98.8 Å². The lowest BCUT2D eigenvalue weighted by molar-refractivity contribution is -0.113. The second kappa shape index (κ2) is 7.00. The summed E-state index contributed by atoms with van der Waals surface area (Å²) in [6, 6.07) is 7.25. The molecule has 5 heteroatoms. The summed E-state index contributed by atoms with van der Waals surface area (Å²) in [7, 11) is 0. The van der Waals surface area contributed by atoms with Gasteiger partial charge in [-0.15, -0.1) is 0 Å². The third-order valence-electron chi connectivity index (χ3n) is 8.04. The Balaban J connectivity index is 1.22. The lowest BCUT2D eigenvalue weighted by Crippen LogP contribution is -2.65. The first-order valence-corrected chi connectivity index (χ1v) is 11.7. The molecule has 0 aromatic heterocycles. The van der Waals surface area contributed by atoms with Gasteiger partial charge in [0.2, 0.25) is 0 Å². The Hall–Kier alpha value is -2.04. The Morgan fingerprint density at radius 2 is 1.53 bits per heavy atom. The topological polar surface area (TPSA) is 61.4 Å². The maximum atomic E-state index is 12.9. The van der Waals surface area contributed by atoms with Gasteiger partial charge in [0.25, 0.3) is 5.91 Å². The second-order valence-corrected chi connectivity index (χ2v) is 11.4. The van der Waals surface area contributed by atoms with Crippen molar-refractivity contribution in [2.75, 3.05) is 18.4 Å². The van der Waals surface area contributed by atoms with Crippen LogP contribution in [-0.2, 0) is 0 Å². The highest BCUT2D eigenvalue weighted by Crippen LogP contribution is 2.66. The molecule has 1 aliphatic heterocycles. The predicted molar refractivity (Wildman–Crippen MR) is 118 cm³/mol. The minimum Gasteiger partial charge on any atom is -0.339 e. The van der Waals surface area contributed by atoms with Crippen LogP contribution < -0.4 is 10.6 Å². The van der Waals surface area contributed by atoms with Gasteiger partial charge in [-0.25, -0.2) is 4.79 Å². The number of piperidine rings is 1. The minimum absolute atomic E-state index is 0.0584. The fourth-order valence-corrected chi connectivity index (χ4v) is 7.97. The maximum absolute atomic E-state index is 12.9. The van der Waals surface area contributed by atoms with E-state index in [-0.39, 0.29) is 17.5 Å². The molecule has 162 valence electrons. The van der Waals surface area contributed by atoms with E-state index in [0.29, 0.717) is 16.4 Å². The summed E-state index contributed by atoms with van der Waals surface area (Å²) < 4.78 is 0. The standard InChI is InChI=1S/C25H35N3O2/c1-23-12-18-13-24(2,15-23)17-25(14-18,16-23)27-22(30)26-20-8-6-19(7-9-20)21(29)28-10-4-3-5-11-28/h6-9,18H,3-5,10-17H2,1-2H3,(H2,26,27,30). The number of hydrogen-bond donors (Lipinski definition) is 2. The van der Waals surface area contributed by atoms with E-state index in [9.17, 15) is 9.59 Å². The average molecular weight is 410 g/mol. The molecule has 0 radical (unpaired) electrons. The van der Waals surface area contributed by atoms with Crippen LogP contribution in [0.1, 0.15) is 82.0 Å². The van der Waals surface area contributed by atoms with Gasteiger partial charge in [0.15, 0.2) is 0 Å². The number of carbonyl (C=O) groups is 2. The van der Waals surface area contributed by atoms with Crippen LogP contribution in [0.4, 0.5) is 10.5 Å². The molecule has 30 heavy (non-hydrogen) atoms. The molecule has 5 fully saturated rings. The zero-order valence-corrected chi connectivity index (χ0v) is 18.4. The summed E-state index contributed by atoms with van der Waals surface area (Å²) in [5.41, 5.74) is 2.13. The number of benzene rings is 1. The van der Waals surface area contributed by atoms with Gasteiger partial charge < -0.3 is 15.5 Å². The quantitative estimate of drug-likeness (QED) is 0.722. The first-order chi connectivity index (χ1) is 14.3. The van der Waals surface area contributed by atoms with Gasteiger partial charge in [-0.1, -0.05) is 13.8 Å². The van der Waals surface area contributed by atoms with Crippen LogP contribution in [0.15, 0.2) is 24.3 Å². The summed E-state index contributed by atoms with van der Waals surface area (Å²) in [6.45, 7) is 6.54. The molecule has 1 heterocycles. The lowest BCUT2D eigenvalue weighted by Gasteiger charge is -2.65. The van der Waals surface area contributed by atoms with Gasteiger partial charge in [0.1, 0.15) is 0 Å². The molecule has 5 nitrogen and oxygen atoms in total. The number of nitrogens with zero attached hydrogens (tertiary/aromatic N) is 1. The van der Waals surface area contributed by atoms with E-state index in [0.717, 1.165) is 56.8 Å². The summed E-state index contributed by atoms with van der Waals surface area (Å²) in [6.07, 6.45) is 10.6. The number of anilines is 1. The van der Waals surface area contributed by atoms with Gasteiger partial charge in [0, 0.05) is 29.9 Å². The molecular formula is C25H35N3O2. The van der Waals surface area contributed by atoms with Crippen molar-refractivity contribution in [2.45, 2.75) is 77.2 Å². The normalized spacial score (nSPS) is 37.1. The molecule has 1 aromatic carbocycles. The van der Waals surface area contributed by atoms with Crippen molar-refractivity contribution in [2.24, 2.45) is 16.7 Å². The number of carbonyl (C=O) groups excluding carboxylic acids is 2. The first kappa shape index (κ1) is 19.9. The van der Waals surface area contributed by atoms with Crippen LogP contribution in [0, 0.1) is 16.7 Å². The zero-order valence-electron chi connectivity index (χ0n) is 18.4. The van der Waals surface area contributed by atoms with Crippen molar-refractivity contribution in [3.8, 4) is 0 Å². The number of rotatable bonds is 3. The molecule has 6 rings (SSSR count). The molecule has 4 bridgehead atoms. The van der Waals surface area contributed by atoms with Crippen molar-refractivity contribution in [3.05, 3.63) is 29.8 Å². The number of likely N-dealkylation sites (tertiary alicyclic amines) is 1. The molecule has 1 saturated heterocycles. The van der Waals surface area contributed by atoms with Crippen LogP contribution in [-0.4, -0.2) is 35.5 Å². The summed E-state index contributed by atoms with van der Waals surface area (Å²) in [5.74, 6) is 0.845. The van der Waals surface area contributed by atoms with E-state index in [2.05, 4.69) is 24.5 Å². The Bertz CT molecular complexity index is 824. The summed E-state index contributed by atoms with van der Waals surface area (Å²) in [4.78, 5) is 27.4. The first-order valence-electron chi connectivity index (χ1n) is 11.7. The molecule has 4 aliphatic carbocycles. The highest BCUT2D eigenvalue weighted by Gasteiger charge is 2.60. The van der Waals surface area contributed by atoms with Crippen LogP contribution >= 0.6 is 0 Å². The monoisotopic (exact) mass is 409 g/mol. The summed E-state index contributed by atoms with van der Waals surface area (Å²) >= 11 is 0. The van der Waals surface area contributed by atoms with Crippen LogP contribution in [0.3, 0.4) is 0 Å². The Labute approximate surface area is 180 Å². The molecule has 2 atom stereocenters. The van der Waals surface area contributed by atoms with E-state index in [4.69, 9.17) is 0 Å². The Morgan fingerprint density at radius 3 is 2.13 bits per heavy atom. The van der Waals surface area contributed by atoms with Gasteiger partial charge in [0.05, 0.1) is 0 Å². The van der Waals surface area contributed by atoms with Crippen molar-refractivity contribution >= 4 is 17.6 Å². The fourth-order valence-electron chi connectivity index (χ4n) is 7.97. The molecule has 0 spiro atoms. The number of hydrogen-bond acceptors (Lipinski definition) is 2. The molecule has 2 N–H and O–H groups in total. The zero-order chi connectivity index (χ0) is 21.0. The molecule has 2 unspecified atom stereocenters. The van der Waals surface area contributed by atoms with E-state index in [1.54, 1.807) is 0 Å². The van der Waals surface area contributed by atoms with E-state index in [1.807, 2.05) is 29.2 Å². The minimum atomic E-state index is -0.112. The third-order valence-corrected chi connectivity index (χ3v) is 8.04. The molecule has 5 aliphatic rings. The second-order valence-electron chi connectivity index (χ2n) is 11.4. The van der Waals surface area contributed by atoms with E-state index >= 15 is 0 Å². The molecule has 3 amide bonds. The average Bonchev–Trinajstić information content (AvgIpc) is 2.65. The van der Waals surface area contributed by atoms with Crippen LogP contribution in [0.5, 0.6) is 0 Å². The van der Waals surface area contributed by atoms with Gasteiger partial charge in [-0.3, -0.25) is 4.79 Å². The van der Waals surface area contributed by atoms with E-state index < -0.39 is 0 Å². The van der Waals surface area contributed by atoms with Crippen LogP contribution in [0.2, 0.25) is 0 Å². The maximum Gasteiger partial charge on any atom is 0.319 e. The fraction of sp³-hybridized carbons (Fsp3) is 0.680. The largest absolute Gasteiger partial charge is 0.339 e. The van der Waals surface area contributed by atoms with Crippen molar-refractivity contribution in [3.63, 3.8) is 0 Å². The van der Waals surface area contributed by atoms with Crippen molar-refractivity contribution < 1.29 is 9.59 Å². The van der Waals surface area contributed by atoms with Gasteiger partial charge in [-0.2, -0.15) is 0 Å². The lowest BCUT2D eigenvalue weighted by atomic mass is 9.43. The van der Waals surface area contributed by atoms with Crippen molar-refractivity contribution in [1.82, 2.24) is 10.2 Å². The number of amides is 3. The number of nitrogens with one attached hydrogen (secondary N) is 2. The Morgan fingerprint density at radius 1 is 0.900 bits per heavy atom. The highest BCUT2D eigenvalue weighted by molar-refractivity contribution is 5.95. The molecule has 1 aromatic rings. The third kappa shape index (κ3) is 3.72.